The van der Waals surface area contributed by atoms with Crippen LogP contribution in [0.5, 0.6) is 0 Å². The minimum absolute atomic E-state index is 0.188. The fourth-order valence-electron chi connectivity index (χ4n) is 1.84. The second-order valence-electron chi connectivity index (χ2n) is 4.91. The maximum atomic E-state index is 10.4. The quantitative estimate of drug-likeness (QED) is 0.730. The minimum Gasteiger partial charge on any atom is -0.476 e. The van der Waals surface area contributed by atoms with Crippen LogP contribution < -0.4 is 11.5 Å². The molecular formula is C16H23N3O2S. The Bertz CT molecular complexity index is 611. The Balaban J connectivity index is 0.000000220. The van der Waals surface area contributed by atoms with Crippen LogP contribution >= 0.6 is 11.3 Å². The van der Waals surface area contributed by atoms with Crippen molar-refractivity contribution in [2.24, 2.45) is 0 Å². The molecular weight excluding hydrogens is 298 g/mol. The third-order valence-electron chi connectivity index (χ3n) is 2.93. The van der Waals surface area contributed by atoms with Crippen LogP contribution in [-0.4, -0.2) is 16.1 Å². The zero-order chi connectivity index (χ0) is 16.5. The number of hydrogen-bond donors (Lipinski definition) is 3. The van der Waals surface area contributed by atoms with E-state index >= 15 is 0 Å². The largest absolute Gasteiger partial charge is 0.476 e. The van der Waals surface area contributed by atoms with E-state index in [1.54, 1.807) is 5.38 Å². The Labute approximate surface area is 135 Å². The van der Waals surface area contributed by atoms with Gasteiger partial charge in [0, 0.05) is 5.38 Å². The van der Waals surface area contributed by atoms with Gasteiger partial charge in [-0.15, -0.1) is 11.3 Å². The first-order chi connectivity index (χ1) is 10.5. The van der Waals surface area contributed by atoms with Gasteiger partial charge in [-0.05, 0) is 30.5 Å². The summed E-state index contributed by atoms with van der Waals surface area (Å²) in [7, 11) is 0. The molecule has 0 bridgehead atoms. The number of nitrogens with two attached hydrogens (primary N) is 2. The first-order valence-electron chi connectivity index (χ1n) is 7.29. The Hall–Kier alpha value is -2.08. The molecule has 1 aromatic carbocycles. The van der Waals surface area contributed by atoms with E-state index in [9.17, 15) is 4.79 Å². The second-order valence-corrected chi connectivity index (χ2v) is 5.77. The Morgan fingerprint density at radius 1 is 1.18 bits per heavy atom. The maximum Gasteiger partial charge on any atom is 0.365 e. The molecule has 0 aliphatic heterocycles. The predicted molar refractivity (Wildman–Crippen MR) is 92.3 cm³/mol. The number of nitrogens with zero attached hydrogens (tertiary/aromatic N) is 1. The van der Waals surface area contributed by atoms with Crippen LogP contribution in [0, 0.1) is 0 Å². The van der Waals surface area contributed by atoms with Crippen molar-refractivity contribution in [2.75, 3.05) is 11.5 Å². The SMILES string of the molecule is CCCc1ccc(N)c(N)c1.CCCc1csc(C(=O)O)n1. The molecule has 0 radical (unpaired) electrons. The molecule has 0 atom stereocenters. The summed E-state index contributed by atoms with van der Waals surface area (Å²) in [4.78, 5) is 14.3. The van der Waals surface area contributed by atoms with Gasteiger partial charge < -0.3 is 16.6 Å². The van der Waals surface area contributed by atoms with E-state index in [0.29, 0.717) is 11.4 Å². The van der Waals surface area contributed by atoms with Gasteiger partial charge in [0.25, 0.3) is 0 Å². The Kier molecular flexibility index (Phi) is 7.39. The highest BCUT2D eigenvalue weighted by Gasteiger charge is 2.07. The van der Waals surface area contributed by atoms with Gasteiger partial charge >= 0.3 is 5.97 Å². The van der Waals surface area contributed by atoms with Crippen LogP contribution in [0.15, 0.2) is 23.6 Å². The van der Waals surface area contributed by atoms with Crippen molar-refractivity contribution >= 4 is 28.7 Å². The zero-order valence-corrected chi connectivity index (χ0v) is 13.8. The van der Waals surface area contributed by atoms with Crippen LogP contribution in [0.3, 0.4) is 0 Å². The first kappa shape index (κ1) is 18.0. The smallest absolute Gasteiger partial charge is 0.365 e. The molecule has 0 saturated carbocycles. The van der Waals surface area contributed by atoms with Crippen molar-refractivity contribution in [1.29, 1.82) is 0 Å². The van der Waals surface area contributed by atoms with Gasteiger partial charge in [0.15, 0.2) is 0 Å². The molecule has 0 aliphatic rings. The number of carboxylic acids is 1. The van der Waals surface area contributed by atoms with Crippen LogP contribution in [0.2, 0.25) is 0 Å². The van der Waals surface area contributed by atoms with Gasteiger partial charge in [0.2, 0.25) is 5.01 Å². The molecule has 0 amide bonds. The number of carbonyl (C=O) groups is 1. The Morgan fingerprint density at radius 2 is 1.86 bits per heavy atom. The summed E-state index contributed by atoms with van der Waals surface area (Å²) < 4.78 is 0. The lowest BCUT2D eigenvalue weighted by Gasteiger charge is -2.02. The second kappa shape index (κ2) is 9.04. The lowest BCUT2D eigenvalue weighted by Crippen LogP contribution is -1.95. The average Bonchev–Trinajstić information content (AvgIpc) is 2.93. The average molecular weight is 321 g/mol. The number of rotatable bonds is 5. The summed E-state index contributed by atoms with van der Waals surface area (Å²) in [6, 6.07) is 5.83. The highest BCUT2D eigenvalue weighted by molar-refractivity contribution is 7.11. The third-order valence-corrected chi connectivity index (χ3v) is 3.81. The summed E-state index contributed by atoms with van der Waals surface area (Å²) in [6.45, 7) is 4.19. The molecule has 0 saturated heterocycles. The monoisotopic (exact) mass is 321 g/mol. The molecule has 1 aromatic heterocycles. The fraction of sp³-hybridized carbons (Fsp3) is 0.375. The molecule has 2 aromatic rings. The normalized spacial score (nSPS) is 9.91. The lowest BCUT2D eigenvalue weighted by atomic mass is 10.1. The van der Waals surface area contributed by atoms with E-state index in [0.717, 1.165) is 31.4 Å². The minimum atomic E-state index is -0.933. The number of anilines is 2. The number of thiazole rings is 1. The fourth-order valence-corrected chi connectivity index (χ4v) is 2.53. The number of nitrogen functional groups attached to an aromatic ring is 2. The van der Waals surface area contributed by atoms with Crippen molar-refractivity contribution in [1.82, 2.24) is 4.98 Å². The molecule has 0 fully saturated rings. The van der Waals surface area contributed by atoms with Gasteiger partial charge in [-0.2, -0.15) is 0 Å². The van der Waals surface area contributed by atoms with Crippen molar-refractivity contribution < 1.29 is 9.90 Å². The topological polar surface area (TPSA) is 102 Å². The van der Waals surface area contributed by atoms with Crippen molar-refractivity contribution in [3.05, 3.63) is 39.8 Å². The molecule has 0 unspecified atom stereocenters. The summed E-state index contributed by atoms with van der Waals surface area (Å²) in [6.07, 6.45) is 4.08. The van der Waals surface area contributed by atoms with Crippen molar-refractivity contribution in [2.45, 2.75) is 39.5 Å². The van der Waals surface area contributed by atoms with Crippen LogP contribution in [0.4, 0.5) is 11.4 Å². The Morgan fingerprint density at radius 3 is 2.36 bits per heavy atom. The molecule has 5 nitrogen and oxygen atoms in total. The van der Waals surface area contributed by atoms with Crippen molar-refractivity contribution in [3.63, 3.8) is 0 Å². The van der Waals surface area contributed by atoms with E-state index in [-0.39, 0.29) is 5.01 Å². The number of benzene rings is 1. The molecule has 22 heavy (non-hydrogen) atoms. The number of hydrogen-bond acceptors (Lipinski definition) is 5. The van der Waals surface area contributed by atoms with E-state index < -0.39 is 5.97 Å². The number of aryl methyl sites for hydroxylation is 2. The van der Waals surface area contributed by atoms with Gasteiger partial charge in [-0.3, -0.25) is 0 Å². The predicted octanol–water partition coefficient (Wildman–Crippen LogP) is 3.60. The van der Waals surface area contributed by atoms with Gasteiger partial charge in [0.1, 0.15) is 0 Å². The molecule has 0 aliphatic carbocycles. The van der Waals surface area contributed by atoms with Gasteiger partial charge in [0.05, 0.1) is 17.1 Å². The standard InChI is InChI=1S/C9H14N2.C7H9NO2S/c1-2-3-7-4-5-8(10)9(11)6-7;1-2-3-5-4-11-6(8-5)7(9)10/h4-6H,2-3,10-11H2,1H3;4H,2-3H2,1H3,(H,9,10). The number of aromatic carboxylic acids is 1. The first-order valence-corrected chi connectivity index (χ1v) is 8.17. The van der Waals surface area contributed by atoms with Crippen molar-refractivity contribution in [3.8, 4) is 0 Å². The molecule has 2 rings (SSSR count). The number of aromatic nitrogens is 1. The van der Waals surface area contributed by atoms with Crippen LogP contribution in [0.1, 0.15) is 47.7 Å². The lowest BCUT2D eigenvalue weighted by molar-refractivity contribution is 0.0696. The van der Waals surface area contributed by atoms with E-state index in [1.807, 2.05) is 25.1 Å². The maximum absolute atomic E-state index is 10.4. The van der Waals surface area contributed by atoms with E-state index in [1.165, 1.54) is 16.9 Å². The van der Waals surface area contributed by atoms with Crippen LogP contribution in [0.25, 0.3) is 0 Å². The highest BCUT2D eigenvalue weighted by atomic mass is 32.1. The van der Waals surface area contributed by atoms with E-state index in [2.05, 4.69) is 11.9 Å². The molecule has 120 valence electrons. The summed E-state index contributed by atoms with van der Waals surface area (Å²) in [5.74, 6) is -0.933. The number of carboxylic acid groups (broad SMARTS) is 1. The zero-order valence-electron chi connectivity index (χ0n) is 13.0. The summed E-state index contributed by atoms with van der Waals surface area (Å²) in [5, 5.41) is 10.5. The third kappa shape index (κ3) is 5.73. The molecule has 5 N–H and O–H groups in total. The highest BCUT2D eigenvalue weighted by Crippen LogP contribution is 2.16. The molecule has 1 heterocycles. The van der Waals surface area contributed by atoms with Gasteiger partial charge in [-0.25, -0.2) is 9.78 Å². The van der Waals surface area contributed by atoms with Gasteiger partial charge in [-0.1, -0.05) is 32.8 Å². The van der Waals surface area contributed by atoms with Crippen LogP contribution in [-0.2, 0) is 12.8 Å². The molecule has 0 spiro atoms. The van der Waals surface area contributed by atoms with E-state index in [4.69, 9.17) is 16.6 Å². The molecule has 6 heteroatoms. The summed E-state index contributed by atoms with van der Waals surface area (Å²) >= 11 is 1.19. The summed E-state index contributed by atoms with van der Waals surface area (Å²) in [5.41, 5.74) is 14.7.